The number of ether oxygens (including phenoxy) is 2. The van der Waals surface area contributed by atoms with Crippen LogP contribution in [0.2, 0.25) is 0 Å². The quantitative estimate of drug-likeness (QED) is 0.678. The second kappa shape index (κ2) is 9.87. The Labute approximate surface area is 164 Å². The van der Waals surface area contributed by atoms with Crippen LogP contribution in [-0.4, -0.2) is 50.1 Å². The molecule has 1 aromatic rings. The average molecular weight is 390 g/mol. The van der Waals surface area contributed by atoms with Crippen LogP contribution < -0.4 is 10.2 Å². The lowest BCUT2D eigenvalue weighted by Gasteiger charge is -2.22. The number of esters is 2. The molecule has 0 aliphatic carbocycles. The predicted octanol–water partition coefficient (Wildman–Crippen LogP) is 1.67. The molecule has 1 aromatic carbocycles. The molecule has 1 saturated heterocycles. The fraction of sp³-hybridized carbons (Fsp3) is 0.500. The summed E-state index contributed by atoms with van der Waals surface area (Å²) < 4.78 is 9.83. The van der Waals surface area contributed by atoms with Crippen LogP contribution in [0.4, 0.5) is 5.69 Å². The number of benzene rings is 1. The number of anilines is 1. The molecule has 1 fully saturated rings. The van der Waals surface area contributed by atoms with Crippen LogP contribution in [0.3, 0.4) is 0 Å². The van der Waals surface area contributed by atoms with E-state index in [0.717, 1.165) is 6.42 Å². The first-order chi connectivity index (χ1) is 13.4. The molecule has 28 heavy (non-hydrogen) atoms. The summed E-state index contributed by atoms with van der Waals surface area (Å²) in [6.45, 7) is 3.71. The molecule has 152 valence electrons. The van der Waals surface area contributed by atoms with Gasteiger partial charge in [-0.3, -0.25) is 9.59 Å². The van der Waals surface area contributed by atoms with E-state index < -0.39 is 30.5 Å². The van der Waals surface area contributed by atoms with Gasteiger partial charge in [-0.15, -0.1) is 0 Å². The van der Waals surface area contributed by atoms with Gasteiger partial charge in [-0.25, -0.2) is 9.59 Å². The van der Waals surface area contributed by atoms with E-state index in [0.29, 0.717) is 25.1 Å². The van der Waals surface area contributed by atoms with Crippen molar-refractivity contribution in [1.29, 1.82) is 0 Å². The second-order valence-corrected chi connectivity index (χ2v) is 6.70. The first kappa shape index (κ1) is 21.4. The fourth-order valence-electron chi connectivity index (χ4n) is 3.00. The van der Waals surface area contributed by atoms with Crippen molar-refractivity contribution in [3.63, 3.8) is 0 Å². The van der Waals surface area contributed by atoms with Gasteiger partial charge < -0.3 is 19.7 Å². The summed E-state index contributed by atoms with van der Waals surface area (Å²) in [5.74, 6) is -2.03. The van der Waals surface area contributed by atoms with E-state index in [1.807, 2.05) is 13.8 Å². The number of amides is 2. The van der Waals surface area contributed by atoms with Crippen LogP contribution in [0.5, 0.6) is 0 Å². The smallest absolute Gasteiger partial charge is 0.340 e. The van der Waals surface area contributed by atoms with Crippen molar-refractivity contribution in [3.05, 3.63) is 29.8 Å². The highest BCUT2D eigenvalue weighted by atomic mass is 16.5. The third-order valence-electron chi connectivity index (χ3n) is 4.81. The number of methoxy groups -OCH3 is 1. The van der Waals surface area contributed by atoms with Crippen LogP contribution in [-0.2, 0) is 23.9 Å². The van der Waals surface area contributed by atoms with E-state index in [4.69, 9.17) is 9.47 Å². The van der Waals surface area contributed by atoms with Gasteiger partial charge in [0.2, 0.25) is 5.91 Å². The normalized spacial score (nSPS) is 15.7. The summed E-state index contributed by atoms with van der Waals surface area (Å²) in [4.78, 5) is 50.0. The minimum absolute atomic E-state index is 0.0486. The topological polar surface area (TPSA) is 102 Å². The van der Waals surface area contributed by atoms with E-state index in [-0.39, 0.29) is 17.4 Å². The van der Waals surface area contributed by atoms with Crippen LogP contribution in [0.1, 0.15) is 43.5 Å². The molecule has 0 bridgehead atoms. The van der Waals surface area contributed by atoms with Gasteiger partial charge in [0.15, 0.2) is 6.61 Å². The Bertz CT molecular complexity index is 748. The number of nitrogens with zero attached hydrogens (tertiary/aromatic N) is 1. The van der Waals surface area contributed by atoms with E-state index in [1.54, 1.807) is 29.2 Å². The molecule has 0 saturated carbocycles. The van der Waals surface area contributed by atoms with Gasteiger partial charge >= 0.3 is 11.9 Å². The lowest BCUT2D eigenvalue weighted by atomic mass is 9.99. The molecule has 0 aromatic heterocycles. The number of carbonyl (C=O) groups is 4. The molecule has 2 rings (SSSR count). The lowest BCUT2D eigenvalue weighted by molar-refractivity contribution is -0.147. The zero-order valence-electron chi connectivity index (χ0n) is 16.4. The third kappa shape index (κ3) is 5.09. The number of rotatable bonds is 8. The molecule has 0 spiro atoms. The Morgan fingerprint density at radius 3 is 2.57 bits per heavy atom. The number of carbonyl (C=O) groups excluding carboxylic acids is 4. The first-order valence-corrected chi connectivity index (χ1v) is 9.32. The minimum Gasteiger partial charge on any atom is -0.467 e. The molecule has 1 aliphatic rings. The van der Waals surface area contributed by atoms with Gasteiger partial charge in [0.05, 0.1) is 18.4 Å². The summed E-state index contributed by atoms with van der Waals surface area (Å²) in [6, 6.07) is 5.82. The fourth-order valence-corrected chi connectivity index (χ4v) is 3.00. The number of para-hydroxylation sites is 1. The number of hydrogen-bond acceptors (Lipinski definition) is 6. The molecular weight excluding hydrogens is 364 g/mol. The van der Waals surface area contributed by atoms with Gasteiger partial charge in [0.25, 0.3) is 5.91 Å². The summed E-state index contributed by atoms with van der Waals surface area (Å²) >= 11 is 0. The SMILES string of the molecule is CC[C@@H](C)[C@@H](NC(=O)COC(=O)c1ccccc1N1CCCC1=O)C(=O)OC. The molecule has 1 heterocycles. The molecule has 1 N–H and O–H groups in total. The van der Waals surface area contributed by atoms with Gasteiger partial charge in [0.1, 0.15) is 6.04 Å². The standard InChI is InChI=1S/C20H26N2O6/c1-4-13(2)18(20(26)27-3)21-16(23)12-28-19(25)14-8-5-6-9-15(14)22-11-7-10-17(22)24/h5-6,8-9,13,18H,4,7,10-12H2,1-3H3,(H,21,23)/t13-,18-/m1/s1. The van der Waals surface area contributed by atoms with Crippen molar-refractivity contribution >= 4 is 29.4 Å². The largest absolute Gasteiger partial charge is 0.467 e. The first-order valence-electron chi connectivity index (χ1n) is 9.32. The molecule has 1 aliphatic heterocycles. The second-order valence-electron chi connectivity index (χ2n) is 6.70. The molecule has 8 nitrogen and oxygen atoms in total. The van der Waals surface area contributed by atoms with E-state index >= 15 is 0 Å². The van der Waals surface area contributed by atoms with Crippen LogP contribution >= 0.6 is 0 Å². The number of hydrogen-bond donors (Lipinski definition) is 1. The Morgan fingerprint density at radius 1 is 1.25 bits per heavy atom. The monoisotopic (exact) mass is 390 g/mol. The maximum Gasteiger partial charge on any atom is 0.340 e. The van der Waals surface area contributed by atoms with Crippen molar-refractivity contribution in [2.45, 2.75) is 39.2 Å². The van der Waals surface area contributed by atoms with E-state index in [9.17, 15) is 19.2 Å². The average Bonchev–Trinajstić information content (AvgIpc) is 3.14. The molecule has 8 heteroatoms. The zero-order valence-corrected chi connectivity index (χ0v) is 16.4. The van der Waals surface area contributed by atoms with E-state index in [2.05, 4.69) is 5.32 Å². The van der Waals surface area contributed by atoms with Crippen molar-refractivity contribution < 1.29 is 28.7 Å². The summed E-state index contributed by atoms with van der Waals surface area (Å²) in [5, 5.41) is 2.55. The summed E-state index contributed by atoms with van der Waals surface area (Å²) in [6.07, 6.45) is 1.84. The Hall–Kier alpha value is -2.90. The third-order valence-corrected chi connectivity index (χ3v) is 4.81. The molecule has 2 amide bonds. The van der Waals surface area contributed by atoms with Crippen molar-refractivity contribution in [2.75, 3.05) is 25.2 Å². The van der Waals surface area contributed by atoms with Crippen LogP contribution in [0, 0.1) is 5.92 Å². The van der Waals surface area contributed by atoms with Gasteiger partial charge in [-0.2, -0.15) is 0 Å². The van der Waals surface area contributed by atoms with E-state index in [1.165, 1.54) is 7.11 Å². The molecule has 0 radical (unpaired) electrons. The van der Waals surface area contributed by atoms with Gasteiger partial charge in [-0.1, -0.05) is 32.4 Å². The van der Waals surface area contributed by atoms with Crippen molar-refractivity contribution in [3.8, 4) is 0 Å². The predicted molar refractivity (Wildman–Crippen MR) is 102 cm³/mol. The van der Waals surface area contributed by atoms with Crippen molar-refractivity contribution in [2.24, 2.45) is 5.92 Å². The zero-order chi connectivity index (χ0) is 20.7. The molecule has 2 atom stereocenters. The summed E-state index contributed by atoms with van der Waals surface area (Å²) in [5.41, 5.74) is 0.694. The highest BCUT2D eigenvalue weighted by molar-refractivity contribution is 6.04. The minimum atomic E-state index is -0.810. The Morgan fingerprint density at radius 2 is 1.96 bits per heavy atom. The maximum atomic E-state index is 12.5. The highest BCUT2D eigenvalue weighted by Crippen LogP contribution is 2.25. The van der Waals surface area contributed by atoms with Crippen LogP contribution in [0.15, 0.2) is 24.3 Å². The van der Waals surface area contributed by atoms with Gasteiger partial charge in [0, 0.05) is 13.0 Å². The molecular formula is C20H26N2O6. The van der Waals surface area contributed by atoms with Crippen LogP contribution in [0.25, 0.3) is 0 Å². The van der Waals surface area contributed by atoms with Crippen molar-refractivity contribution in [1.82, 2.24) is 5.32 Å². The van der Waals surface area contributed by atoms with Gasteiger partial charge in [-0.05, 0) is 24.5 Å². The summed E-state index contributed by atoms with van der Waals surface area (Å²) in [7, 11) is 1.25. The highest BCUT2D eigenvalue weighted by Gasteiger charge is 2.28. The maximum absolute atomic E-state index is 12.5. The Balaban J connectivity index is 2.01. The number of nitrogens with one attached hydrogen (secondary N) is 1. The lowest BCUT2D eigenvalue weighted by Crippen LogP contribution is -2.47. The molecule has 0 unspecified atom stereocenters. The Kier molecular flexibility index (Phi) is 7.54.